The predicted octanol–water partition coefficient (Wildman–Crippen LogP) is 4.21. The molecule has 36 heavy (non-hydrogen) atoms. The number of nitrogens with one attached hydrogen (secondary N) is 3. The molecule has 0 fully saturated rings. The Morgan fingerprint density at radius 1 is 1.00 bits per heavy atom. The van der Waals surface area contributed by atoms with E-state index in [4.69, 9.17) is 4.52 Å². The van der Waals surface area contributed by atoms with Crippen LogP contribution in [0, 0.1) is 6.92 Å². The Balaban J connectivity index is 1.16. The molecular formula is C24H18N10O2. The van der Waals surface area contributed by atoms with Gasteiger partial charge in [-0.05, 0) is 43.3 Å². The van der Waals surface area contributed by atoms with E-state index < -0.39 is 6.03 Å². The molecule has 12 heteroatoms. The van der Waals surface area contributed by atoms with E-state index in [1.54, 1.807) is 49.1 Å². The minimum absolute atomic E-state index is 0.225. The smallest absolute Gasteiger partial charge is 0.326 e. The highest BCUT2D eigenvalue weighted by Gasteiger charge is 2.14. The largest absolute Gasteiger partial charge is 0.338 e. The Kier molecular flexibility index (Phi) is 5.15. The number of fused-ring (bicyclic) bond motifs is 1. The summed E-state index contributed by atoms with van der Waals surface area (Å²) in [6.07, 6.45) is 8.36. The molecule has 0 aliphatic carbocycles. The minimum Gasteiger partial charge on any atom is -0.338 e. The number of imidazole rings is 2. The summed E-state index contributed by atoms with van der Waals surface area (Å²) in [5.41, 5.74) is 4.97. The molecule has 0 saturated carbocycles. The average molecular weight is 478 g/mol. The number of pyridine rings is 1. The lowest BCUT2D eigenvalue weighted by atomic mass is 10.2. The minimum atomic E-state index is -0.459. The third-order valence-corrected chi connectivity index (χ3v) is 5.36. The Morgan fingerprint density at radius 3 is 2.61 bits per heavy atom. The van der Waals surface area contributed by atoms with Crippen LogP contribution in [0.2, 0.25) is 0 Å². The second-order valence-electron chi connectivity index (χ2n) is 7.87. The number of carbonyl (C=O) groups is 1. The number of aryl methyl sites for hydroxylation is 1. The van der Waals surface area contributed by atoms with Crippen molar-refractivity contribution in [3.8, 4) is 28.5 Å². The van der Waals surface area contributed by atoms with Crippen LogP contribution in [-0.4, -0.2) is 45.7 Å². The van der Waals surface area contributed by atoms with Gasteiger partial charge in [-0.2, -0.15) is 0 Å². The third-order valence-electron chi connectivity index (χ3n) is 5.36. The first-order chi connectivity index (χ1) is 17.6. The first-order valence-corrected chi connectivity index (χ1v) is 10.9. The van der Waals surface area contributed by atoms with Crippen molar-refractivity contribution in [2.45, 2.75) is 6.92 Å². The maximum atomic E-state index is 12.4. The van der Waals surface area contributed by atoms with Gasteiger partial charge >= 0.3 is 6.03 Å². The molecule has 2 amide bonds. The number of hydrogen-bond donors (Lipinski definition) is 3. The number of urea groups is 1. The Bertz CT molecular complexity index is 1670. The highest BCUT2D eigenvalue weighted by molar-refractivity contribution is 5.99. The lowest BCUT2D eigenvalue weighted by Gasteiger charge is -2.05. The normalized spacial score (nSPS) is 11.0. The summed E-state index contributed by atoms with van der Waals surface area (Å²) in [6.45, 7) is 1.91. The molecule has 5 aromatic heterocycles. The average Bonchev–Trinajstić information content (AvgIpc) is 3.64. The van der Waals surface area contributed by atoms with Crippen LogP contribution in [-0.2, 0) is 0 Å². The van der Waals surface area contributed by atoms with Crippen molar-refractivity contribution in [1.29, 1.82) is 0 Å². The molecule has 12 nitrogen and oxygen atoms in total. The predicted molar refractivity (Wildman–Crippen MR) is 131 cm³/mol. The molecule has 3 N–H and O–H groups in total. The van der Waals surface area contributed by atoms with Gasteiger partial charge in [0.25, 0.3) is 0 Å². The summed E-state index contributed by atoms with van der Waals surface area (Å²) >= 11 is 0. The quantitative estimate of drug-likeness (QED) is 0.333. The van der Waals surface area contributed by atoms with E-state index in [0.717, 1.165) is 16.8 Å². The van der Waals surface area contributed by atoms with Gasteiger partial charge in [-0.1, -0.05) is 5.16 Å². The zero-order valence-corrected chi connectivity index (χ0v) is 18.9. The van der Waals surface area contributed by atoms with Gasteiger partial charge in [0.2, 0.25) is 5.88 Å². The van der Waals surface area contributed by atoms with E-state index in [9.17, 15) is 4.79 Å². The van der Waals surface area contributed by atoms with E-state index in [2.05, 4.69) is 45.7 Å². The fraction of sp³-hybridized carbons (Fsp3) is 0.0417. The molecule has 0 radical (unpaired) electrons. The number of hydrogen-bond acceptors (Lipinski definition) is 8. The number of amides is 2. The number of rotatable bonds is 5. The first kappa shape index (κ1) is 21.2. The van der Waals surface area contributed by atoms with E-state index in [1.165, 1.54) is 6.33 Å². The van der Waals surface area contributed by atoms with Crippen molar-refractivity contribution >= 4 is 28.8 Å². The van der Waals surface area contributed by atoms with Crippen LogP contribution in [0.3, 0.4) is 0 Å². The monoisotopic (exact) mass is 478 g/mol. The molecule has 6 aromatic rings. The molecule has 0 bridgehead atoms. The molecule has 6 rings (SSSR count). The number of anilines is 2. The second-order valence-corrected chi connectivity index (χ2v) is 7.87. The fourth-order valence-electron chi connectivity index (χ4n) is 3.66. The van der Waals surface area contributed by atoms with Crippen LogP contribution >= 0.6 is 0 Å². The number of carbonyl (C=O) groups excluding carboxylic acids is 1. The molecule has 0 atom stereocenters. The zero-order chi connectivity index (χ0) is 24.5. The SMILES string of the molecule is Cc1cn(-c2ncnc3nc(-c4ccc(NC(=O)Nc5cc(-c6ccncc6)no5)cc4)[nH]c23)cn1. The van der Waals surface area contributed by atoms with E-state index in [0.29, 0.717) is 34.2 Å². The number of aromatic amines is 1. The van der Waals surface area contributed by atoms with Crippen LogP contribution in [0.1, 0.15) is 5.69 Å². The summed E-state index contributed by atoms with van der Waals surface area (Å²) < 4.78 is 7.03. The summed E-state index contributed by atoms with van der Waals surface area (Å²) in [7, 11) is 0. The zero-order valence-electron chi connectivity index (χ0n) is 18.9. The number of aromatic nitrogens is 8. The van der Waals surface area contributed by atoms with Crippen LogP contribution < -0.4 is 10.6 Å². The first-order valence-electron chi connectivity index (χ1n) is 10.9. The number of nitrogens with zero attached hydrogens (tertiary/aromatic N) is 7. The topological polar surface area (TPSA) is 152 Å². The van der Waals surface area contributed by atoms with Gasteiger partial charge in [-0.25, -0.2) is 24.7 Å². The van der Waals surface area contributed by atoms with Crippen molar-refractivity contribution in [2.75, 3.05) is 10.6 Å². The number of H-pyrrole nitrogens is 1. The standard InChI is InChI=1S/C24H18N10O2/c1-14-11-34(13-28-14)23-20-22(26-12-27-23)32-21(31-20)16-2-4-17(5-3-16)29-24(35)30-19-10-18(33-36-19)15-6-8-25-9-7-15/h2-13H,1H3,(H2,29,30,35)(H,26,27,31,32). The van der Waals surface area contributed by atoms with Crippen molar-refractivity contribution in [3.63, 3.8) is 0 Å². The van der Waals surface area contributed by atoms with Crippen molar-refractivity contribution in [2.24, 2.45) is 0 Å². The lowest BCUT2D eigenvalue weighted by Crippen LogP contribution is -2.18. The van der Waals surface area contributed by atoms with Gasteiger partial charge in [0.05, 0.1) is 5.69 Å². The maximum Gasteiger partial charge on any atom is 0.326 e. The molecule has 176 valence electrons. The van der Waals surface area contributed by atoms with Crippen molar-refractivity contribution in [1.82, 2.24) is 39.6 Å². The Morgan fingerprint density at radius 2 is 1.83 bits per heavy atom. The maximum absolute atomic E-state index is 12.4. The molecule has 1 aromatic carbocycles. The Hall–Kier alpha value is -5.39. The molecule has 5 heterocycles. The lowest BCUT2D eigenvalue weighted by molar-refractivity contribution is 0.261. The summed E-state index contributed by atoms with van der Waals surface area (Å²) in [4.78, 5) is 37.2. The van der Waals surface area contributed by atoms with E-state index in [1.807, 2.05) is 29.8 Å². The van der Waals surface area contributed by atoms with Crippen molar-refractivity contribution < 1.29 is 9.32 Å². The van der Waals surface area contributed by atoms with Gasteiger partial charge in [-0.3, -0.25) is 14.9 Å². The highest BCUT2D eigenvalue weighted by Crippen LogP contribution is 2.24. The van der Waals surface area contributed by atoms with Gasteiger partial charge < -0.3 is 14.8 Å². The molecule has 0 aliphatic rings. The number of benzene rings is 1. The van der Waals surface area contributed by atoms with Crippen LogP contribution in [0.15, 0.2) is 78.2 Å². The van der Waals surface area contributed by atoms with E-state index in [-0.39, 0.29) is 5.88 Å². The third kappa shape index (κ3) is 4.14. The second kappa shape index (κ2) is 8.76. The molecule has 0 spiro atoms. The summed E-state index contributed by atoms with van der Waals surface area (Å²) in [5, 5.41) is 9.36. The molecule has 0 unspecified atom stereocenters. The Labute approximate surface area is 203 Å². The van der Waals surface area contributed by atoms with Gasteiger partial charge in [0, 0.05) is 41.5 Å². The van der Waals surface area contributed by atoms with Crippen molar-refractivity contribution in [3.05, 3.63) is 79.4 Å². The van der Waals surface area contributed by atoms with Gasteiger partial charge in [-0.15, -0.1) is 0 Å². The molecular weight excluding hydrogens is 460 g/mol. The van der Waals surface area contributed by atoms with E-state index >= 15 is 0 Å². The highest BCUT2D eigenvalue weighted by atomic mass is 16.5. The summed E-state index contributed by atoms with van der Waals surface area (Å²) in [6, 6.07) is 12.0. The van der Waals surface area contributed by atoms with Gasteiger partial charge in [0.15, 0.2) is 11.5 Å². The van der Waals surface area contributed by atoms with Gasteiger partial charge in [0.1, 0.15) is 29.7 Å². The van der Waals surface area contributed by atoms with Crippen LogP contribution in [0.4, 0.5) is 16.4 Å². The fourth-order valence-corrected chi connectivity index (χ4v) is 3.66. The molecule has 0 saturated heterocycles. The van der Waals surface area contributed by atoms with Crippen LogP contribution in [0.5, 0.6) is 0 Å². The van der Waals surface area contributed by atoms with Crippen LogP contribution in [0.25, 0.3) is 39.6 Å². The summed E-state index contributed by atoms with van der Waals surface area (Å²) in [5.74, 6) is 1.52. The molecule has 0 aliphatic heterocycles.